The summed E-state index contributed by atoms with van der Waals surface area (Å²) in [5, 5.41) is 3.20. The first kappa shape index (κ1) is 13.4. The van der Waals surface area contributed by atoms with E-state index < -0.39 is 0 Å². The van der Waals surface area contributed by atoms with Crippen LogP contribution in [0.5, 0.6) is 0 Å². The molecule has 3 heteroatoms. The summed E-state index contributed by atoms with van der Waals surface area (Å²) in [6, 6.07) is 0.453. The number of hydrogen-bond donors (Lipinski definition) is 1. The first-order valence-electron chi connectivity index (χ1n) is 5.63. The lowest BCUT2D eigenvalue weighted by molar-refractivity contribution is -0.142. The maximum Gasteiger partial charge on any atom is 0.319 e. The van der Waals surface area contributed by atoms with Gasteiger partial charge < -0.3 is 10.1 Å². The summed E-state index contributed by atoms with van der Waals surface area (Å²) in [7, 11) is 0. The topological polar surface area (TPSA) is 38.3 Å². The third-order valence-electron chi connectivity index (χ3n) is 2.13. The van der Waals surface area contributed by atoms with Crippen LogP contribution >= 0.6 is 0 Å². The zero-order chi connectivity index (χ0) is 10.8. The van der Waals surface area contributed by atoms with Gasteiger partial charge in [-0.25, -0.2) is 0 Å². The molecule has 3 nitrogen and oxygen atoms in total. The second kappa shape index (κ2) is 9.00. The number of ether oxygens (including phenoxy) is 1. The molecule has 1 atom stereocenters. The predicted molar refractivity (Wildman–Crippen MR) is 58.2 cm³/mol. The zero-order valence-corrected chi connectivity index (χ0v) is 9.64. The molecule has 84 valence electrons. The van der Waals surface area contributed by atoms with Crippen LogP contribution in [-0.4, -0.2) is 25.2 Å². The maximum absolute atomic E-state index is 11.1. The Kier molecular flexibility index (Phi) is 8.64. The van der Waals surface area contributed by atoms with E-state index in [-0.39, 0.29) is 5.97 Å². The SMILES string of the molecule is CCCOC(=O)CNC(CC)CCC. The Labute approximate surface area is 87.2 Å². The van der Waals surface area contributed by atoms with Crippen molar-refractivity contribution >= 4 is 5.97 Å². The van der Waals surface area contributed by atoms with Gasteiger partial charge >= 0.3 is 5.97 Å². The molecular formula is C11H23NO2. The molecule has 1 N–H and O–H groups in total. The van der Waals surface area contributed by atoms with Crippen molar-refractivity contribution in [2.45, 2.75) is 52.5 Å². The average molecular weight is 201 g/mol. The number of nitrogens with one attached hydrogen (secondary N) is 1. The predicted octanol–water partition coefficient (Wildman–Crippen LogP) is 2.11. The Morgan fingerprint density at radius 2 is 2.00 bits per heavy atom. The molecular weight excluding hydrogens is 178 g/mol. The molecule has 0 aromatic heterocycles. The number of esters is 1. The van der Waals surface area contributed by atoms with Gasteiger partial charge in [0.15, 0.2) is 0 Å². The average Bonchev–Trinajstić information content (AvgIpc) is 2.21. The van der Waals surface area contributed by atoms with Crippen LogP contribution in [0.3, 0.4) is 0 Å². The summed E-state index contributed by atoms with van der Waals surface area (Å²) in [4.78, 5) is 11.1. The van der Waals surface area contributed by atoms with Crippen LogP contribution in [0.15, 0.2) is 0 Å². The van der Waals surface area contributed by atoms with Crippen molar-refractivity contribution in [1.82, 2.24) is 5.32 Å². The Morgan fingerprint density at radius 3 is 2.50 bits per heavy atom. The number of carbonyl (C=O) groups is 1. The number of rotatable bonds is 8. The fourth-order valence-corrected chi connectivity index (χ4v) is 1.29. The molecule has 0 fully saturated rings. The Morgan fingerprint density at radius 1 is 1.29 bits per heavy atom. The molecule has 0 aliphatic carbocycles. The molecule has 0 radical (unpaired) electrons. The first-order chi connectivity index (χ1) is 6.74. The largest absolute Gasteiger partial charge is 0.465 e. The van der Waals surface area contributed by atoms with Crippen molar-refractivity contribution in [2.24, 2.45) is 0 Å². The lowest BCUT2D eigenvalue weighted by Gasteiger charge is -2.15. The summed E-state index contributed by atoms with van der Waals surface area (Å²) in [6.07, 6.45) is 4.22. The van der Waals surface area contributed by atoms with Gasteiger partial charge in [0.2, 0.25) is 0 Å². The van der Waals surface area contributed by atoms with Gasteiger partial charge in [-0.1, -0.05) is 27.2 Å². The second-order valence-electron chi connectivity index (χ2n) is 3.50. The highest BCUT2D eigenvalue weighted by Crippen LogP contribution is 2.00. The number of hydrogen-bond acceptors (Lipinski definition) is 3. The van der Waals surface area contributed by atoms with Gasteiger partial charge in [0, 0.05) is 6.04 Å². The zero-order valence-electron chi connectivity index (χ0n) is 9.64. The van der Waals surface area contributed by atoms with Crippen LogP contribution in [0.25, 0.3) is 0 Å². The van der Waals surface area contributed by atoms with E-state index in [2.05, 4.69) is 19.2 Å². The van der Waals surface area contributed by atoms with E-state index in [4.69, 9.17) is 4.74 Å². The second-order valence-corrected chi connectivity index (χ2v) is 3.50. The minimum absolute atomic E-state index is 0.138. The maximum atomic E-state index is 11.1. The normalized spacial score (nSPS) is 12.5. The third kappa shape index (κ3) is 6.89. The summed E-state index contributed by atoms with van der Waals surface area (Å²) in [5.74, 6) is -0.138. The van der Waals surface area contributed by atoms with Gasteiger partial charge in [-0.05, 0) is 19.3 Å². The van der Waals surface area contributed by atoms with Crippen molar-refractivity contribution in [3.8, 4) is 0 Å². The van der Waals surface area contributed by atoms with Gasteiger partial charge in [-0.15, -0.1) is 0 Å². The standard InChI is InChI=1S/C11H23NO2/c1-4-7-10(6-3)12-9-11(13)14-8-5-2/h10,12H,4-9H2,1-3H3. The first-order valence-corrected chi connectivity index (χ1v) is 5.63. The van der Waals surface area contributed by atoms with Crippen molar-refractivity contribution in [3.63, 3.8) is 0 Å². The van der Waals surface area contributed by atoms with Gasteiger partial charge in [0.05, 0.1) is 13.2 Å². The van der Waals surface area contributed by atoms with Crippen molar-refractivity contribution < 1.29 is 9.53 Å². The summed E-state index contributed by atoms with van der Waals surface area (Å²) in [5.41, 5.74) is 0. The van der Waals surface area contributed by atoms with Gasteiger partial charge in [-0.3, -0.25) is 4.79 Å². The fraction of sp³-hybridized carbons (Fsp3) is 0.909. The van der Waals surface area contributed by atoms with E-state index in [1.54, 1.807) is 0 Å². The lowest BCUT2D eigenvalue weighted by Crippen LogP contribution is -2.34. The highest BCUT2D eigenvalue weighted by molar-refractivity contribution is 5.71. The fourth-order valence-electron chi connectivity index (χ4n) is 1.29. The van der Waals surface area contributed by atoms with E-state index >= 15 is 0 Å². The van der Waals surface area contributed by atoms with Crippen LogP contribution in [-0.2, 0) is 9.53 Å². The van der Waals surface area contributed by atoms with E-state index in [1.165, 1.54) is 0 Å². The highest BCUT2D eigenvalue weighted by Gasteiger charge is 2.07. The molecule has 0 spiro atoms. The molecule has 0 aliphatic heterocycles. The van der Waals surface area contributed by atoms with E-state index in [0.717, 1.165) is 25.7 Å². The van der Waals surface area contributed by atoms with Crippen molar-refractivity contribution in [3.05, 3.63) is 0 Å². The van der Waals surface area contributed by atoms with Crippen LogP contribution in [0.4, 0.5) is 0 Å². The van der Waals surface area contributed by atoms with E-state index in [1.807, 2.05) is 6.92 Å². The summed E-state index contributed by atoms with van der Waals surface area (Å²) < 4.78 is 4.96. The van der Waals surface area contributed by atoms with Crippen molar-refractivity contribution in [2.75, 3.05) is 13.2 Å². The quantitative estimate of drug-likeness (QED) is 0.611. The van der Waals surface area contributed by atoms with Gasteiger partial charge in [0.25, 0.3) is 0 Å². The molecule has 14 heavy (non-hydrogen) atoms. The molecule has 0 amide bonds. The van der Waals surface area contributed by atoms with Crippen molar-refractivity contribution in [1.29, 1.82) is 0 Å². The molecule has 0 saturated carbocycles. The van der Waals surface area contributed by atoms with Crippen LogP contribution in [0.1, 0.15) is 46.5 Å². The molecule has 0 aromatic carbocycles. The minimum Gasteiger partial charge on any atom is -0.465 e. The van der Waals surface area contributed by atoms with E-state index in [0.29, 0.717) is 19.2 Å². The minimum atomic E-state index is -0.138. The highest BCUT2D eigenvalue weighted by atomic mass is 16.5. The van der Waals surface area contributed by atoms with Crippen LogP contribution in [0.2, 0.25) is 0 Å². The van der Waals surface area contributed by atoms with Crippen LogP contribution < -0.4 is 5.32 Å². The molecule has 0 saturated heterocycles. The monoisotopic (exact) mass is 201 g/mol. The van der Waals surface area contributed by atoms with Gasteiger partial charge in [-0.2, -0.15) is 0 Å². The Bertz CT molecular complexity index is 148. The molecule has 0 aliphatic rings. The Balaban J connectivity index is 3.52. The summed E-state index contributed by atoms with van der Waals surface area (Å²) >= 11 is 0. The summed E-state index contributed by atoms with van der Waals surface area (Å²) in [6.45, 7) is 7.15. The molecule has 1 unspecified atom stereocenters. The molecule has 0 heterocycles. The number of carbonyl (C=O) groups excluding carboxylic acids is 1. The molecule has 0 aromatic rings. The molecule has 0 bridgehead atoms. The van der Waals surface area contributed by atoms with E-state index in [9.17, 15) is 4.79 Å². The Hall–Kier alpha value is -0.570. The molecule has 0 rings (SSSR count). The smallest absolute Gasteiger partial charge is 0.319 e. The lowest BCUT2D eigenvalue weighted by atomic mass is 10.1. The van der Waals surface area contributed by atoms with Crippen LogP contribution in [0, 0.1) is 0 Å². The third-order valence-corrected chi connectivity index (χ3v) is 2.13. The van der Waals surface area contributed by atoms with Gasteiger partial charge in [0.1, 0.15) is 0 Å².